The smallest absolute Gasteiger partial charge is 0.228 e. The van der Waals surface area contributed by atoms with Gasteiger partial charge in [0, 0.05) is 18.5 Å². The van der Waals surface area contributed by atoms with Gasteiger partial charge in [-0.25, -0.2) is 0 Å². The van der Waals surface area contributed by atoms with E-state index in [1.807, 2.05) is 25.7 Å². The van der Waals surface area contributed by atoms with Crippen molar-refractivity contribution in [2.45, 2.75) is 39.2 Å². The topological polar surface area (TPSA) is 46.3 Å². The molecule has 1 amide bonds. The lowest BCUT2D eigenvalue weighted by atomic mass is 9.83. The maximum absolute atomic E-state index is 11.8. The van der Waals surface area contributed by atoms with Crippen molar-refractivity contribution in [1.82, 2.24) is 4.90 Å². The third-order valence-corrected chi connectivity index (χ3v) is 3.29. The molecule has 0 aromatic rings. The van der Waals surface area contributed by atoms with Gasteiger partial charge in [-0.2, -0.15) is 0 Å². The van der Waals surface area contributed by atoms with Gasteiger partial charge in [0.15, 0.2) is 0 Å². The number of nitrogens with zero attached hydrogens (tertiary/aromatic N) is 1. The standard InChI is InChI=1S/C11H20N2O/c1-10(2,3)9(14)13-6-11(12,7-13)8-4-5-8/h8H,4-7,12H2,1-3H3. The first-order chi connectivity index (χ1) is 6.33. The molecule has 2 rings (SSSR count). The quantitative estimate of drug-likeness (QED) is 0.679. The number of hydrogen-bond donors (Lipinski definition) is 1. The number of nitrogens with two attached hydrogens (primary N) is 1. The van der Waals surface area contributed by atoms with Gasteiger partial charge in [0.05, 0.1) is 5.54 Å². The van der Waals surface area contributed by atoms with Gasteiger partial charge in [-0.05, 0) is 18.8 Å². The van der Waals surface area contributed by atoms with E-state index in [2.05, 4.69) is 0 Å². The minimum absolute atomic E-state index is 0.0408. The summed E-state index contributed by atoms with van der Waals surface area (Å²) in [6.07, 6.45) is 2.52. The molecule has 1 saturated carbocycles. The molecule has 2 N–H and O–H groups in total. The van der Waals surface area contributed by atoms with Crippen molar-refractivity contribution in [3.8, 4) is 0 Å². The normalized spacial score (nSPS) is 25.9. The second-order valence-electron chi connectivity index (χ2n) is 5.92. The molecule has 3 nitrogen and oxygen atoms in total. The molecule has 14 heavy (non-hydrogen) atoms. The minimum Gasteiger partial charge on any atom is -0.338 e. The lowest BCUT2D eigenvalue weighted by molar-refractivity contribution is -0.147. The summed E-state index contributed by atoms with van der Waals surface area (Å²) in [6, 6.07) is 0. The van der Waals surface area contributed by atoms with Crippen LogP contribution in [0.25, 0.3) is 0 Å². The molecule has 0 radical (unpaired) electrons. The maximum atomic E-state index is 11.8. The Morgan fingerprint density at radius 3 is 2.21 bits per heavy atom. The van der Waals surface area contributed by atoms with Crippen LogP contribution in [0.1, 0.15) is 33.6 Å². The molecule has 1 heterocycles. The number of likely N-dealkylation sites (tertiary alicyclic amines) is 1. The van der Waals surface area contributed by atoms with Gasteiger partial charge >= 0.3 is 0 Å². The molecule has 0 aromatic carbocycles. The first-order valence-electron chi connectivity index (χ1n) is 5.41. The van der Waals surface area contributed by atoms with Crippen molar-refractivity contribution in [1.29, 1.82) is 0 Å². The van der Waals surface area contributed by atoms with Crippen molar-refractivity contribution in [3.05, 3.63) is 0 Å². The molecule has 0 atom stereocenters. The van der Waals surface area contributed by atoms with E-state index in [9.17, 15) is 4.79 Å². The van der Waals surface area contributed by atoms with Crippen molar-refractivity contribution in [2.75, 3.05) is 13.1 Å². The van der Waals surface area contributed by atoms with Crippen LogP contribution in [0.4, 0.5) is 0 Å². The van der Waals surface area contributed by atoms with E-state index in [1.54, 1.807) is 0 Å². The van der Waals surface area contributed by atoms with E-state index in [0.717, 1.165) is 13.1 Å². The summed E-state index contributed by atoms with van der Waals surface area (Å²) in [4.78, 5) is 13.7. The second kappa shape index (κ2) is 2.72. The molecule has 0 bridgehead atoms. The van der Waals surface area contributed by atoms with Crippen LogP contribution >= 0.6 is 0 Å². The highest BCUT2D eigenvalue weighted by molar-refractivity contribution is 5.82. The van der Waals surface area contributed by atoms with Gasteiger partial charge in [0.25, 0.3) is 0 Å². The number of carbonyl (C=O) groups is 1. The van der Waals surface area contributed by atoms with Gasteiger partial charge in [-0.1, -0.05) is 20.8 Å². The van der Waals surface area contributed by atoms with Crippen LogP contribution in [0.3, 0.4) is 0 Å². The zero-order chi connectivity index (χ0) is 10.6. The highest BCUT2D eigenvalue weighted by atomic mass is 16.2. The van der Waals surface area contributed by atoms with E-state index in [4.69, 9.17) is 5.73 Å². The SMILES string of the molecule is CC(C)(C)C(=O)N1CC(N)(C2CC2)C1. The fraction of sp³-hybridized carbons (Fsp3) is 0.909. The zero-order valence-electron chi connectivity index (χ0n) is 9.34. The van der Waals surface area contributed by atoms with E-state index >= 15 is 0 Å². The van der Waals surface area contributed by atoms with Crippen molar-refractivity contribution < 1.29 is 4.79 Å². The molecule has 3 heteroatoms. The predicted molar refractivity (Wildman–Crippen MR) is 55.7 cm³/mol. The van der Waals surface area contributed by atoms with E-state index in [1.165, 1.54) is 12.8 Å². The molecule has 1 aliphatic carbocycles. The lowest BCUT2D eigenvalue weighted by Gasteiger charge is -2.50. The fourth-order valence-corrected chi connectivity index (χ4v) is 2.20. The van der Waals surface area contributed by atoms with Crippen LogP contribution in [-0.4, -0.2) is 29.4 Å². The number of carbonyl (C=O) groups excluding carboxylic acids is 1. The zero-order valence-corrected chi connectivity index (χ0v) is 9.34. The van der Waals surface area contributed by atoms with Gasteiger partial charge in [-0.15, -0.1) is 0 Å². The highest BCUT2D eigenvalue weighted by Crippen LogP contribution is 2.43. The van der Waals surface area contributed by atoms with Crippen molar-refractivity contribution >= 4 is 5.91 Å². The molecule has 1 saturated heterocycles. The highest BCUT2D eigenvalue weighted by Gasteiger charge is 2.52. The first-order valence-corrected chi connectivity index (χ1v) is 5.41. The Labute approximate surface area is 85.6 Å². The third-order valence-electron chi connectivity index (χ3n) is 3.29. The summed E-state index contributed by atoms with van der Waals surface area (Å²) in [5, 5.41) is 0. The maximum Gasteiger partial charge on any atom is 0.228 e. The Kier molecular flexibility index (Phi) is 1.94. The number of amides is 1. The Hall–Kier alpha value is -0.570. The number of hydrogen-bond acceptors (Lipinski definition) is 2. The molecular formula is C11H20N2O. The van der Waals surface area contributed by atoms with Crippen LogP contribution in [0.2, 0.25) is 0 Å². The van der Waals surface area contributed by atoms with Gasteiger partial charge in [0.1, 0.15) is 0 Å². The van der Waals surface area contributed by atoms with Crippen molar-refractivity contribution in [3.63, 3.8) is 0 Å². The summed E-state index contributed by atoms with van der Waals surface area (Å²) in [5.41, 5.74) is 5.89. The Bertz CT molecular complexity index is 257. The van der Waals surface area contributed by atoms with Gasteiger partial charge in [-0.3, -0.25) is 4.79 Å². The summed E-state index contributed by atoms with van der Waals surface area (Å²) in [7, 11) is 0. The lowest BCUT2D eigenvalue weighted by Crippen LogP contribution is -2.71. The van der Waals surface area contributed by atoms with Crippen LogP contribution < -0.4 is 5.73 Å². The Morgan fingerprint density at radius 1 is 1.36 bits per heavy atom. The van der Waals surface area contributed by atoms with E-state index in [0.29, 0.717) is 5.92 Å². The minimum atomic E-state index is -0.259. The van der Waals surface area contributed by atoms with Crippen LogP contribution in [0.5, 0.6) is 0 Å². The Morgan fingerprint density at radius 2 is 1.86 bits per heavy atom. The fourth-order valence-electron chi connectivity index (χ4n) is 2.20. The molecule has 0 aromatic heterocycles. The van der Waals surface area contributed by atoms with Crippen LogP contribution in [-0.2, 0) is 4.79 Å². The molecule has 0 unspecified atom stereocenters. The Balaban J connectivity index is 1.91. The van der Waals surface area contributed by atoms with Crippen LogP contribution in [0.15, 0.2) is 0 Å². The van der Waals surface area contributed by atoms with Gasteiger partial charge < -0.3 is 10.6 Å². The number of rotatable bonds is 1. The monoisotopic (exact) mass is 196 g/mol. The van der Waals surface area contributed by atoms with Crippen molar-refractivity contribution in [2.24, 2.45) is 17.1 Å². The third kappa shape index (κ3) is 1.54. The summed E-state index contributed by atoms with van der Waals surface area (Å²) < 4.78 is 0. The molecule has 1 aliphatic heterocycles. The molecule has 2 aliphatic rings. The summed E-state index contributed by atoms with van der Waals surface area (Å²) in [5.74, 6) is 0.922. The van der Waals surface area contributed by atoms with Crippen LogP contribution in [0, 0.1) is 11.3 Å². The molecule has 2 fully saturated rings. The molecule has 80 valence electrons. The van der Waals surface area contributed by atoms with E-state index in [-0.39, 0.29) is 16.9 Å². The average molecular weight is 196 g/mol. The largest absolute Gasteiger partial charge is 0.338 e. The van der Waals surface area contributed by atoms with E-state index < -0.39 is 0 Å². The second-order valence-corrected chi connectivity index (χ2v) is 5.92. The summed E-state index contributed by atoms with van der Waals surface area (Å²) >= 11 is 0. The summed E-state index contributed by atoms with van der Waals surface area (Å²) in [6.45, 7) is 7.43. The molecular weight excluding hydrogens is 176 g/mol. The first kappa shape index (κ1) is 9.97. The van der Waals surface area contributed by atoms with Gasteiger partial charge in [0.2, 0.25) is 5.91 Å². The average Bonchev–Trinajstić information content (AvgIpc) is 2.77. The molecule has 0 spiro atoms. The predicted octanol–water partition coefficient (Wildman–Crippen LogP) is 0.982.